The van der Waals surface area contributed by atoms with Crippen LogP contribution in [0.3, 0.4) is 0 Å². The lowest BCUT2D eigenvalue weighted by atomic mass is 10.1. The number of methoxy groups -OCH3 is 1. The van der Waals surface area contributed by atoms with Crippen molar-refractivity contribution in [3.8, 4) is 5.75 Å². The van der Waals surface area contributed by atoms with Crippen LogP contribution in [-0.2, 0) is 4.74 Å². The van der Waals surface area contributed by atoms with E-state index in [4.69, 9.17) is 26.8 Å². The van der Waals surface area contributed by atoms with Gasteiger partial charge in [0.15, 0.2) is 0 Å². The van der Waals surface area contributed by atoms with Crippen molar-refractivity contribution in [2.75, 3.05) is 45.6 Å². The average Bonchev–Trinajstić information content (AvgIpc) is 2.55. The van der Waals surface area contributed by atoms with Crippen LogP contribution >= 0.6 is 11.6 Å². The number of morpholine rings is 1. The topological polar surface area (TPSA) is 76.8 Å². The van der Waals surface area contributed by atoms with Gasteiger partial charge in [0, 0.05) is 32.2 Å². The van der Waals surface area contributed by atoms with Crippen LogP contribution in [0.2, 0.25) is 5.02 Å². The Labute approximate surface area is 141 Å². The summed E-state index contributed by atoms with van der Waals surface area (Å²) in [6.45, 7) is 7.24. The van der Waals surface area contributed by atoms with Crippen molar-refractivity contribution in [3.63, 3.8) is 0 Å². The minimum Gasteiger partial charge on any atom is -0.496 e. The summed E-state index contributed by atoms with van der Waals surface area (Å²) in [5.41, 5.74) is 6.45. The molecule has 6 nitrogen and oxygen atoms in total. The minimum absolute atomic E-state index is 0.0529. The molecule has 1 aliphatic heterocycles. The molecule has 0 radical (unpaired) electrons. The first kappa shape index (κ1) is 17.6. The molecule has 1 unspecified atom stereocenters. The summed E-state index contributed by atoms with van der Waals surface area (Å²) >= 11 is 5.99. The number of carbonyl (C=O) groups is 1. The summed E-state index contributed by atoms with van der Waals surface area (Å²) in [5.74, 6) is 0.121. The standard InChI is InChI=1S/C16H22ClN3O3/c1-3-4-20-5-6-23-11(10-20)9-19-16(21)12-7-13(17)14(18)8-15(12)22-2/h3,7-8,11H,1,4-6,9-10,18H2,2H3,(H,19,21). The Kier molecular flexibility index (Phi) is 6.27. The predicted molar refractivity (Wildman–Crippen MR) is 91.1 cm³/mol. The summed E-state index contributed by atoms with van der Waals surface area (Å²) in [4.78, 5) is 14.6. The van der Waals surface area contributed by atoms with E-state index in [0.717, 1.165) is 19.6 Å². The lowest BCUT2D eigenvalue weighted by Crippen LogP contribution is -2.47. The van der Waals surface area contributed by atoms with Crippen molar-refractivity contribution < 1.29 is 14.3 Å². The normalized spacial score (nSPS) is 18.4. The Balaban J connectivity index is 1.97. The van der Waals surface area contributed by atoms with E-state index in [1.165, 1.54) is 13.2 Å². The van der Waals surface area contributed by atoms with Gasteiger partial charge in [-0.15, -0.1) is 6.58 Å². The molecule has 1 saturated heterocycles. The van der Waals surface area contributed by atoms with Crippen LogP contribution in [0.4, 0.5) is 5.69 Å². The third kappa shape index (κ3) is 4.60. The smallest absolute Gasteiger partial charge is 0.255 e. The summed E-state index contributed by atoms with van der Waals surface area (Å²) in [6, 6.07) is 3.05. The maximum Gasteiger partial charge on any atom is 0.255 e. The Morgan fingerprint density at radius 1 is 1.65 bits per heavy atom. The summed E-state index contributed by atoms with van der Waals surface area (Å²) < 4.78 is 10.9. The van der Waals surface area contributed by atoms with Gasteiger partial charge in [-0.25, -0.2) is 0 Å². The number of hydrogen-bond acceptors (Lipinski definition) is 5. The van der Waals surface area contributed by atoms with Crippen molar-refractivity contribution in [2.45, 2.75) is 6.10 Å². The van der Waals surface area contributed by atoms with Gasteiger partial charge in [-0.1, -0.05) is 17.7 Å². The van der Waals surface area contributed by atoms with Crippen molar-refractivity contribution in [1.82, 2.24) is 10.2 Å². The second-order valence-corrected chi connectivity index (χ2v) is 5.73. The monoisotopic (exact) mass is 339 g/mol. The van der Waals surface area contributed by atoms with Gasteiger partial charge in [0.2, 0.25) is 0 Å². The van der Waals surface area contributed by atoms with Crippen LogP contribution < -0.4 is 15.8 Å². The quantitative estimate of drug-likeness (QED) is 0.607. The highest BCUT2D eigenvalue weighted by molar-refractivity contribution is 6.33. The first-order valence-corrected chi connectivity index (χ1v) is 7.79. The van der Waals surface area contributed by atoms with Crippen molar-refractivity contribution >= 4 is 23.2 Å². The molecular formula is C16H22ClN3O3. The number of rotatable bonds is 6. The number of amides is 1. The Bertz CT molecular complexity index is 580. The molecule has 23 heavy (non-hydrogen) atoms. The van der Waals surface area contributed by atoms with E-state index in [1.54, 1.807) is 6.07 Å². The zero-order valence-electron chi connectivity index (χ0n) is 13.2. The molecule has 0 aliphatic carbocycles. The van der Waals surface area contributed by atoms with Gasteiger partial charge in [0.25, 0.3) is 5.91 Å². The Hall–Kier alpha value is -1.76. The molecule has 1 amide bonds. The van der Waals surface area contributed by atoms with Crippen LogP contribution in [-0.4, -0.2) is 56.8 Å². The van der Waals surface area contributed by atoms with Gasteiger partial charge < -0.3 is 20.5 Å². The first-order valence-electron chi connectivity index (χ1n) is 7.41. The lowest BCUT2D eigenvalue weighted by molar-refractivity contribution is -0.0225. The number of hydrogen-bond donors (Lipinski definition) is 2. The molecule has 1 fully saturated rings. The SMILES string of the molecule is C=CCN1CCOC(CNC(=O)c2cc(Cl)c(N)cc2OC)C1. The van der Waals surface area contributed by atoms with Gasteiger partial charge >= 0.3 is 0 Å². The van der Waals surface area contributed by atoms with Crippen LogP contribution in [0.5, 0.6) is 5.75 Å². The van der Waals surface area contributed by atoms with E-state index in [1.807, 2.05) is 6.08 Å². The van der Waals surface area contributed by atoms with Gasteiger partial charge in [0.1, 0.15) is 5.75 Å². The minimum atomic E-state index is -0.270. The van der Waals surface area contributed by atoms with E-state index in [0.29, 0.717) is 35.2 Å². The average molecular weight is 340 g/mol. The van der Waals surface area contributed by atoms with Crippen LogP contribution in [0, 0.1) is 0 Å². The third-order valence-electron chi connectivity index (χ3n) is 3.66. The van der Waals surface area contributed by atoms with Crippen molar-refractivity contribution in [3.05, 3.63) is 35.4 Å². The molecule has 0 aromatic heterocycles. The fraction of sp³-hybridized carbons (Fsp3) is 0.438. The maximum absolute atomic E-state index is 12.4. The number of anilines is 1. The van der Waals surface area contributed by atoms with Crippen LogP contribution in [0.15, 0.2) is 24.8 Å². The Morgan fingerprint density at radius 3 is 3.13 bits per heavy atom. The number of nitrogens with zero attached hydrogens (tertiary/aromatic N) is 1. The molecule has 0 bridgehead atoms. The fourth-order valence-corrected chi connectivity index (χ4v) is 2.63. The first-order chi connectivity index (χ1) is 11.0. The second-order valence-electron chi connectivity index (χ2n) is 5.33. The van der Waals surface area contributed by atoms with E-state index in [9.17, 15) is 4.79 Å². The van der Waals surface area contributed by atoms with E-state index in [-0.39, 0.29) is 12.0 Å². The number of halogens is 1. The van der Waals surface area contributed by atoms with Gasteiger partial charge in [-0.05, 0) is 6.07 Å². The molecule has 126 valence electrons. The number of nitrogens with two attached hydrogens (primary N) is 1. The number of ether oxygens (including phenoxy) is 2. The van der Waals surface area contributed by atoms with E-state index >= 15 is 0 Å². The zero-order valence-corrected chi connectivity index (χ0v) is 13.9. The number of nitrogen functional groups attached to an aromatic ring is 1. The van der Waals surface area contributed by atoms with Gasteiger partial charge in [-0.3, -0.25) is 9.69 Å². The highest BCUT2D eigenvalue weighted by atomic mass is 35.5. The number of carbonyl (C=O) groups excluding carboxylic acids is 1. The summed E-state index contributed by atoms with van der Waals surface area (Å²) in [7, 11) is 1.48. The molecule has 1 aliphatic rings. The summed E-state index contributed by atoms with van der Waals surface area (Å²) in [5, 5.41) is 3.18. The lowest BCUT2D eigenvalue weighted by Gasteiger charge is -2.32. The molecule has 3 N–H and O–H groups in total. The molecule has 1 heterocycles. The van der Waals surface area contributed by atoms with Gasteiger partial charge in [0.05, 0.1) is 36.1 Å². The maximum atomic E-state index is 12.4. The molecule has 1 aromatic rings. The van der Waals surface area contributed by atoms with E-state index < -0.39 is 0 Å². The van der Waals surface area contributed by atoms with Crippen LogP contribution in [0.25, 0.3) is 0 Å². The highest BCUT2D eigenvalue weighted by Gasteiger charge is 2.21. The largest absolute Gasteiger partial charge is 0.496 e. The Morgan fingerprint density at radius 2 is 2.43 bits per heavy atom. The zero-order chi connectivity index (χ0) is 16.8. The number of benzene rings is 1. The van der Waals surface area contributed by atoms with E-state index in [2.05, 4.69) is 16.8 Å². The molecule has 0 saturated carbocycles. The molecule has 2 rings (SSSR count). The van der Waals surface area contributed by atoms with Crippen molar-refractivity contribution in [2.24, 2.45) is 0 Å². The molecule has 7 heteroatoms. The van der Waals surface area contributed by atoms with Gasteiger partial charge in [-0.2, -0.15) is 0 Å². The molecule has 0 spiro atoms. The summed E-state index contributed by atoms with van der Waals surface area (Å²) in [6.07, 6.45) is 1.81. The third-order valence-corrected chi connectivity index (χ3v) is 3.99. The van der Waals surface area contributed by atoms with Crippen LogP contribution in [0.1, 0.15) is 10.4 Å². The molecule has 1 atom stereocenters. The fourth-order valence-electron chi connectivity index (χ4n) is 2.47. The highest BCUT2D eigenvalue weighted by Crippen LogP contribution is 2.28. The second kappa shape index (κ2) is 8.19. The van der Waals surface area contributed by atoms with Crippen molar-refractivity contribution in [1.29, 1.82) is 0 Å². The molecular weight excluding hydrogens is 318 g/mol. The predicted octanol–water partition coefficient (Wildman–Crippen LogP) is 1.55. The number of nitrogens with one attached hydrogen (secondary N) is 1. The molecule has 1 aromatic carbocycles.